The Kier molecular flexibility index (Phi) is 5.35. The summed E-state index contributed by atoms with van der Waals surface area (Å²) in [6.45, 7) is 3.57. The molecule has 6 heteroatoms. The Labute approximate surface area is 143 Å². The van der Waals surface area contributed by atoms with Gasteiger partial charge in [0, 0.05) is 37.9 Å². The van der Waals surface area contributed by atoms with Crippen molar-refractivity contribution in [1.82, 2.24) is 19.4 Å². The Balaban J connectivity index is 1.65. The van der Waals surface area contributed by atoms with Crippen LogP contribution in [0.15, 0.2) is 35.4 Å². The van der Waals surface area contributed by atoms with Crippen molar-refractivity contribution < 1.29 is 9.21 Å². The largest absolute Gasteiger partial charge is 0.472 e. The van der Waals surface area contributed by atoms with Gasteiger partial charge in [-0.05, 0) is 46.0 Å². The Morgan fingerprint density at radius 3 is 3.08 bits per heavy atom. The van der Waals surface area contributed by atoms with Gasteiger partial charge >= 0.3 is 0 Å². The van der Waals surface area contributed by atoms with E-state index in [2.05, 4.69) is 34.7 Å². The van der Waals surface area contributed by atoms with Gasteiger partial charge < -0.3 is 18.8 Å². The number of hydrogen-bond acceptors (Lipinski definition) is 4. The number of imidazole rings is 1. The molecule has 0 aliphatic carbocycles. The molecule has 3 rings (SSSR count). The molecule has 0 saturated carbocycles. The second-order valence-electron chi connectivity index (χ2n) is 6.74. The highest BCUT2D eigenvalue weighted by Crippen LogP contribution is 2.27. The van der Waals surface area contributed by atoms with Crippen molar-refractivity contribution in [3.05, 3.63) is 42.4 Å². The lowest BCUT2D eigenvalue weighted by atomic mass is 9.96. The quantitative estimate of drug-likeness (QED) is 0.816. The van der Waals surface area contributed by atoms with Crippen LogP contribution in [0.5, 0.6) is 0 Å². The highest BCUT2D eigenvalue weighted by atomic mass is 16.3. The number of rotatable bonds is 6. The van der Waals surface area contributed by atoms with E-state index in [4.69, 9.17) is 4.42 Å². The number of nitrogens with zero attached hydrogens (tertiary/aromatic N) is 4. The predicted octanol–water partition coefficient (Wildman–Crippen LogP) is 2.45. The first kappa shape index (κ1) is 16.8. The van der Waals surface area contributed by atoms with Crippen molar-refractivity contribution in [2.75, 3.05) is 33.7 Å². The average molecular weight is 330 g/mol. The van der Waals surface area contributed by atoms with Crippen LogP contribution in [-0.2, 0) is 6.54 Å². The Morgan fingerprint density at radius 2 is 2.33 bits per heavy atom. The van der Waals surface area contributed by atoms with Crippen LogP contribution in [0.2, 0.25) is 0 Å². The number of likely N-dealkylation sites (tertiary alicyclic amines) is 1. The summed E-state index contributed by atoms with van der Waals surface area (Å²) >= 11 is 0. The maximum absolute atomic E-state index is 12.5. The van der Waals surface area contributed by atoms with Gasteiger partial charge in [-0.2, -0.15) is 0 Å². The van der Waals surface area contributed by atoms with Gasteiger partial charge in [-0.15, -0.1) is 0 Å². The van der Waals surface area contributed by atoms with Crippen LogP contribution in [-0.4, -0.2) is 59.0 Å². The van der Waals surface area contributed by atoms with E-state index in [1.54, 1.807) is 12.3 Å². The minimum Gasteiger partial charge on any atom is -0.472 e. The van der Waals surface area contributed by atoms with E-state index in [1.165, 1.54) is 6.26 Å². The monoisotopic (exact) mass is 330 g/mol. The number of piperidine rings is 1. The number of carbonyl (C=O) groups excluding carboxylic acids is 1. The van der Waals surface area contributed by atoms with Crippen molar-refractivity contribution in [3.8, 4) is 0 Å². The van der Waals surface area contributed by atoms with E-state index in [-0.39, 0.29) is 5.91 Å². The normalized spacial score (nSPS) is 18.3. The van der Waals surface area contributed by atoms with Gasteiger partial charge in [0.2, 0.25) is 0 Å². The first-order valence-corrected chi connectivity index (χ1v) is 8.62. The summed E-state index contributed by atoms with van der Waals surface area (Å²) in [6.07, 6.45) is 10.2. The van der Waals surface area contributed by atoms with Gasteiger partial charge in [0.05, 0.1) is 11.8 Å². The summed E-state index contributed by atoms with van der Waals surface area (Å²) in [5.41, 5.74) is 0.630. The van der Waals surface area contributed by atoms with Crippen LogP contribution in [0.1, 0.15) is 41.4 Å². The van der Waals surface area contributed by atoms with E-state index in [0.717, 1.165) is 51.3 Å². The van der Waals surface area contributed by atoms with E-state index in [1.807, 2.05) is 11.1 Å². The maximum Gasteiger partial charge on any atom is 0.257 e. The van der Waals surface area contributed by atoms with Gasteiger partial charge in [0.1, 0.15) is 12.1 Å². The van der Waals surface area contributed by atoms with Crippen molar-refractivity contribution in [3.63, 3.8) is 0 Å². The molecule has 130 valence electrons. The summed E-state index contributed by atoms with van der Waals surface area (Å²) < 4.78 is 7.29. The third kappa shape index (κ3) is 3.87. The Hall–Kier alpha value is -2.08. The minimum absolute atomic E-state index is 0.0548. The van der Waals surface area contributed by atoms with Crippen molar-refractivity contribution in [1.29, 1.82) is 0 Å². The molecule has 0 spiro atoms. The van der Waals surface area contributed by atoms with Crippen LogP contribution in [0.4, 0.5) is 0 Å². The SMILES string of the molecule is CN(C)CCCn1ccnc1[C@@H]1CCCN(C(=O)c2ccoc2)C1. The number of aromatic nitrogens is 2. The molecule has 1 aliphatic rings. The molecular weight excluding hydrogens is 304 g/mol. The van der Waals surface area contributed by atoms with Crippen LogP contribution < -0.4 is 0 Å². The van der Waals surface area contributed by atoms with Crippen molar-refractivity contribution >= 4 is 5.91 Å². The highest BCUT2D eigenvalue weighted by Gasteiger charge is 2.28. The van der Waals surface area contributed by atoms with Gasteiger partial charge in [-0.25, -0.2) is 4.98 Å². The van der Waals surface area contributed by atoms with E-state index in [0.29, 0.717) is 11.5 Å². The second kappa shape index (κ2) is 7.66. The fourth-order valence-corrected chi connectivity index (χ4v) is 3.37. The number of carbonyl (C=O) groups is 1. The molecule has 0 N–H and O–H groups in total. The summed E-state index contributed by atoms with van der Waals surface area (Å²) in [5, 5.41) is 0. The van der Waals surface area contributed by atoms with E-state index in [9.17, 15) is 4.79 Å². The predicted molar refractivity (Wildman–Crippen MR) is 92.0 cm³/mol. The van der Waals surface area contributed by atoms with Crippen LogP contribution in [0.3, 0.4) is 0 Å². The molecule has 1 saturated heterocycles. The molecule has 1 aliphatic heterocycles. The molecule has 0 unspecified atom stereocenters. The molecule has 6 nitrogen and oxygen atoms in total. The summed E-state index contributed by atoms with van der Waals surface area (Å²) in [6, 6.07) is 1.73. The summed E-state index contributed by atoms with van der Waals surface area (Å²) in [7, 11) is 4.19. The molecule has 2 aromatic heterocycles. The first-order chi connectivity index (χ1) is 11.6. The zero-order valence-electron chi connectivity index (χ0n) is 14.5. The van der Waals surface area contributed by atoms with Crippen LogP contribution >= 0.6 is 0 Å². The number of hydrogen-bond donors (Lipinski definition) is 0. The van der Waals surface area contributed by atoms with Gasteiger partial charge in [0.15, 0.2) is 0 Å². The lowest BCUT2D eigenvalue weighted by molar-refractivity contribution is 0.0702. The third-order valence-electron chi connectivity index (χ3n) is 4.59. The molecular formula is C18H26N4O2. The van der Waals surface area contributed by atoms with Crippen molar-refractivity contribution in [2.45, 2.75) is 31.7 Å². The number of furan rings is 1. The summed E-state index contributed by atoms with van der Waals surface area (Å²) in [5.74, 6) is 1.47. The Morgan fingerprint density at radius 1 is 1.46 bits per heavy atom. The van der Waals surface area contributed by atoms with Gasteiger partial charge in [0.25, 0.3) is 5.91 Å². The smallest absolute Gasteiger partial charge is 0.257 e. The first-order valence-electron chi connectivity index (χ1n) is 8.62. The van der Waals surface area contributed by atoms with E-state index >= 15 is 0 Å². The third-order valence-corrected chi connectivity index (χ3v) is 4.59. The molecule has 24 heavy (non-hydrogen) atoms. The fraction of sp³-hybridized carbons (Fsp3) is 0.556. The molecule has 1 fully saturated rings. The van der Waals surface area contributed by atoms with Crippen LogP contribution in [0, 0.1) is 0 Å². The molecule has 0 bridgehead atoms. The zero-order valence-corrected chi connectivity index (χ0v) is 14.5. The van der Waals surface area contributed by atoms with Crippen LogP contribution in [0.25, 0.3) is 0 Å². The number of aryl methyl sites for hydroxylation is 1. The molecule has 1 amide bonds. The standard InChI is InChI=1S/C18H26N4O2/c1-20(2)8-4-10-21-11-7-19-17(21)15-5-3-9-22(13-15)18(23)16-6-12-24-14-16/h6-7,11-12,14-15H,3-5,8-10,13H2,1-2H3/t15-/m1/s1. The molecule has 0 aromatic carbocycles. The molecule has 0 radical (unpaired) electrons. The molecule has 1 atom stereocenters. The zero-order chi connectivity index (χ0) is 16.9. The van der Waals surface area contributed by atoms with Gasteiger partial charge in [-0.1, -0.05) is 0 Å². The maximum atomic E-state index is 12.5. The minimum atomic E-state index is 0.0548. The topological polar surface area (TPSA) is 54.5 Å². The van der Waals surface area contributed by atoms with E-state index < -0.39 is 0 Å². The summed E-state index contributed by atoms with van der Waals surface area (Å²) in [4.78, 5) is 21.3. The fourth-order valence-electron chi connectivity index (χ4n) is 3.37. The lowest BCUT2D eigenvalue weighted by Gasteiger charge is -2.32. The second-order valence-corrected chi connectivity index (χ2v) is 6.74. The molecule has 3 heterocycles. The Bertz CT molecular complexity index is 648. The molecule has 2 aromatic rings. The van der Waals surface area contributed by atoms with Crippen molar-refractivity contribution in [2.24, 2.45) is 0 Å². The number of amides is 1. The highest BCUT2D eigenvalue weighted by molar-refractivity contribution is 5.93. The average Bonchev–Trinajstić information content (AvgIpc) is 3.26. The van der Waals surface area contributed by atoms with Gasteiger partial charge in [-0.3, -0.25) is 4.79 Å². The lowest BCUT2D eigenvalue weighted by Crippen LogP contribution is -2.39.